The van der Waals surface area contributed by atoms with Gasteiger partial charge in [0.1, 0.15) is 23.5 Å². The summed E-state index contributed by atoms with van der Waals surface area (Å²) >= 11 is 0. The zero-order valence-electron chi connectivity index (χ0n) is 12.5. The van der Waals surface area contributed by atoms with Crippen molar-refractivity contribution in [2.24, 2.45) is 0 Å². The maximum absolute atomic E-state index is 12.5. The maximum atomic E-state index is 12.5. The van der Waals surface area contributed by atoms with E-state index >= 15 is 0 Å². The molecule has 8 heteroatoms. The highest BCUT2D eigenvalue weighted by molar-refractivity contribution is 7.91. The molecular formula is C16H11N3O4S. The molecule has 0 atom stereocenters. The van der Waals surface area contributed by atoms with Gasteiger partial charge in [-0.25, -0.2) is 8.42 Å². The first kappa shape index (κ1) is 17.0. The molecule has 120 valence electrons. The highest BCUT2D eigenvalue weighted by Gasteiger charge is 2.21. The number of rotatable bonds is 4. The third-order valence-corrected chi connectivity index (χ3v) is 4.52. The number of hydrogen-bond acceptors (Lipinski definition) is 6. The van der Waals surface area contributed by atoms with E-state index in [1.54, 1.807) is 12.1 Å². The number of furan rings is 1. The first-order valence-electron chi connectivity index (χ1n) is 6.61. The van der Waals surface area contributed by atoms with E-state index in [0.717, 1.165) is 6.08 Å². The van der Waals surface area contributed by atoms with Gasteiger partial charge in [0, 0.05) is 18.7 Å². The molecule has 0 saturated carbocycles. The summed E-state index contributed by atoms with van der Waals surface area (Å²) in [5.41, 5.74) is 0.269. The summed E-state index contributed by atoms with van der Waals surface area (Å²) in [6.45, 7) is 1.35. The predicted molar refractivity (Wildman–Crippen MR) is 84.1 cm³/mol. The minimum Gasteiger partial charge on any atom is -0.445 e. The number of hydrogen-bond donors (Lipinski definition) is 1. The molecular weight excluding hydrogens is 330 g/mol. The molecule has 0 bridgehead atoms. The van der Waals surface area contributed by atoms with Crippen molar-refractivity contribution < 1.29 is 17.6 Å². The van der Waals surface area contributed by atoms with E-state index in [1.807, 2.05) is 0 Å². The molecule has 0 aliphatic rings. The van der Waals surface area contributed by atoms with E-state index in [1.165, 1.54) is 43.3 Å². The van der Waals surface area contributed by atoms with Crippen LogP contribution in [0.3, 0.4) is 0 Å². The first-order valence-corrected chi connectivity index (χ1v) is 8.09. The molecule has 2 aromatic rings. The molecule has 0 fully saturated rings. The van der Waals surface area contributed by atoms with E-state index in [0.29, 0.717) is 5.69 Å². The number of nitriles is 2. The summed E-state index contributed by atoms with van der Waals surface area (Å²) in [5, 5.41) is 19.6. The fourth-order valence-corrected chi connectivity index (χ4v) is 3.00. The van der Waals surface area contributed by atoms with Crippen molar-refractivity contribution in [1.29, 1.82) is 10.5 Å². The van der Waals surface area contributed by atoms with Gasteiger partial charge in [0.2, 0.25) is 20.8 Å². The molecule has 1 N–H and O–H groups in total. The molecule has 2 rings (SSSR count). The van der Waals surface area contributed by atoms with Crippen LogP contribution in [0, 0.1) is 22.7 Å². The zero-order valence-corrected chi connectivity index (χ0v) is 13.3. The molecule has 0 aliphatic carbocycles. The van der Waals surface area contributed by atoms with Crippen LogP contribution in [0.15, 0.2) is 56.4 Å². The van der Waals surface area contributed by atoms with Crippen molar-refractivity contribution >= 4 is 27.5 Å². The van der Waals surface area contributed by atoms with E-state index < -0.39 is 9.84 Å². The minimum absolute atomic E-state index is 0.0118. The van der Waals surface area contributed by atoms with E-state index in [9.17, 15) is 13.2 Å². The maximum Gasteiger partial charge on any atom is 0.239 e. The third-order valence-electron chi connectivity index (χ3n) is 2.88. The Bertz CT molecular complexity index is 971. The van der Waals surface area contributed by atoms with Crippen molar-refractivity contribution in [3.05, 3.63) is 47.7 Å². The zero-order chi connectivity index (χ0) is 17.7. The average Bonchev–Trinajstić information content (AvgIpc) is 3.02. The van der Waals surface area contributed by atoms with Gasteiger partial charge in [0.05, 0.1) is 4.90 Å². The summed E-state index contributed by atoms with van der Waals surface area (Å²) in [4.78, 5) is 10.9. The molecule has 0 unspecified atom stereocenters. The third kappa shape index (κ3) is 3.69. The number of anilines is 1. The van der Waals surface area contributed by atoms with Gasteiger partial charge in [-0.3, -0.25) is 4.79 Å². The Morgan fingerprint density at radius 3 is 2.29 bits per heavy atom. The predicted octanol–water partition coefficient (Wildman–Crippen LogP) is 2.50. The number of nitrogens with one attached hydrogen (secondary N) is 1. The Balaban J connectivity index is 2.33. The minimum atomic E-state index is -3.89. The smallest absolute Gasteiger partial charge is 0.239 e. The van der Waals surface area contributed by atoms with Crippen LogP contribution in [0.2, 0.25) is 0 Å². The van der Waals surface area contributed by atoms with Crippen molar-refractivity contribution in [3.63, 3.8) is 0 Å². The summed E-state index contributed by atoms with van der Waals surface area (Å²) in [6.07, 6.45) is 1.15. The number of allylic oxidation sites excluding steroid dienone is 1. The molecule has 7 nitrogen and oxygen atoms in total. The molecule has 1 heterocycles. The summed E-state index contributed by atoms with van der Waals surface area (Å²) in [5.74, 6) is -0.180. The van der Waals surface area contributed by atoms with Gasteiger partial charge in [-0.15, -0.1) is 0 Å². The quantitative estimate of drug-likeness (QED) is 0.852. The summed E-state index contributed by atoms with van der Waals surface area (Å²) in [6, 6.07) is 11.5. The van der Waals surface area contributed by atoms with Crippen LogP contribution in [0.5, 0.6) is 0 Å². The van der Waals surface area contributed by atoms with Gasteiger partial charge in [0.15, 0.2) is 0 Å². The standard InChI is InChI=1S/C16H11N3O4S/c1-11(20)19-13-2-5-15(6-3-13)24(21,22)16-7-4-14(23-16)8-12(9-17)10-18/h2-8H,1H3,(H,19,20). The molecule has 1 aromatic heterocycles. The molecule has 1 aromatic carbocycles. The number of amides is 1. The van der Waals surface area contributed by atoms with Crippen LogP contribution in [-0.2, 0) is 14.6 Å². The van der Waals surface area contributed by atoms with Crippen molar-refractivity contribution in [1.82, 2.24) is 0 Å². The van der Waals surface area contributed by atoms with E-state index in [-0.39, 0.29) is 27.2 Å². The Labute approximate surface area is 138 Å². The van der Waals surface area contributed by atoms with Gasteiger partial charge in [-0.1, -0.05) is 0 Å². The Kier molecular flexibility index (Phi) is 4.83. The highest BCUT2D eigenvalue weighted by Crippen LogP contribution is 2.25. The normalized spacial score (nSPS) is 10.3. The van der Waals surface area contributed by atoms with Gasteiger partial charge in [0.25, 0.3) is 0 Å². The number of carbonyl (C=O) groups is 1. The second kappa shape index (κ2) is 6.82. The molecule has 24 heavy (non-hydrogen) atoms. The van der Waals surface area contributed by atoms with Gasteiger partial charge >= 0.3 is 0 Å². The van der Waals surface area contributed by atoms with Crippen molar-refractivity contribution in [3.8, 4) is 12.1 Å². The van der Waals surface area contributed by atoms with Gasteiger partial charge in [-0.2, -0.15) is 10.5 Å². The molecule has 0 radical (unpaired) electrons. The number of sulfone groups is 1. The topological polar surface area (TPSA) is 124 Å². The Morgan fingerprint density at radius 1 is 1.12 bits per heavy atom. The molecule has 0 spiro atoms. The van der Waals surface area contributed by atoms with E-state index in [4.69, 9.17) is 14.9 Å². The summed E-state index contributed by atoms with van der Waals surface area (Å²) in [7, 11) is -3.89. The average molecular weight is 341 g/mol. The Morgan fingerprint density at radius 2 is 1.75 bits per heavy atom. The van der Waals surface area contributed by atoms with Gasteiger partial charge in [-0.05, 0) is 36.4 Å². The molecule has 0 saturated heterocycles. The Hall–Kier alpha value is -3.36. The van der Waals surface area contributed by atoms with Crippen LogP contribution in [0.4, 0.5) is 5.69 Å². The molecule has 0 aliphatic heterocycles. The fourth-order valence-electron chi connectivity index (χ4n) is 1.83. The second-order valence-corrected chi connectivity index (χ2v) is 6.53. The highest BCUT2D eigenvalue weighted by atomic mass is 32.2. The number of benzene rings is 1. The van der Waals surface area contributed by atoms with E-state index in [2.05, 4.69) is 5.32 Å². The lowest BCUT2D eigenvalue weighted by Crippen LogP contribution is -2.06. The lowest BCUT2D eigenvalue weighted by molar-refractivity contribution is -0.114. The first-order chi connectivity index (χ1) is 11.4. The van der Waals surface area contributed by atoms with Crippen LogP contribution < -0.4 is 5.32 Å². The van der Waals surface area contributed by atoms with Crippen LogP contribution in [0.1, 0.15) is 12.7 Å². The van der Waals surface area contributed by atoms with Crippen molar-refractivity contribution in [2.45, 2.75) is 16.9 Å². The van der Waals surface area contributed by atoms with Crippen LogP contribution >= 0.6 is 0 Å². The summed E-state index contributed by atoms with van der Waals surface area (Å²) < 4.78 is 30.1. The van der Waals surface area contributed by atoms with Crippen molar-refractivity contribution in [2.75, 3.05) is 5.32 Å². The monoisotopic (exact) mass is 341 g/mol. The number of carbonyl (C=O) groups excluding carboxylic acids is 1. The van der Waals surface area contributed by atoms with Crippen LogP contribution in [-0.4, -0.2) is 14.3 Å². The van der Waals surface area contributed by atoms with Gasteiger partial charge < -0.3 is 9.73 Å². The fraction of sp³-hybridized carbons (Fsp3) is 0.0625. The lowest BCUT2D eigenvalue weighted by atomic mass is 10.3. The number of nitrogens with zero attached hydrogens (tertiary/aromatic N) is 2. The largest absolute Gasteiger partial charge is 0.445 e. The second-order valence-electron chi connectivity index (χ2n) is 4.65. The SMILES string of the molecule is CC(=O)Nc1ccc(S(=O)(=O)c2ccc(C=C(C#N)C#N)o2)cc1. The lowest BCUT2D eigenvalue weighted by Gasteiger charge is -2.04. The molecule has 1 amide bonds. The van der Waals surface area contributed by atoms with Crippen LogP contribution in [0.25, 0.3) is 6.08 Å².